The number of rotatable bonds is 4. The van der Waals surface area contributed by atoms with Crippen LogP contribution in [-0.4, -0.2) is 48.6 Å². The fraction of sp³-hybridized carbons (Fsp3) is 0.562. The Hall–Kier alpha value is -3.02. The van der Waals surface area contributed by atoms with Crippen LogP contribution in [0, 0.1) is 17.8 Å². The molecule has 7 rings (SSSR count). The molecule has 3 amide bonds. The number of urea groups is 1. The van der Waals surface area contributed by atoms with E-state index in [-0.39, 0.29) is 22.9 Å². The Labute approximate surface area is 227 Å². The summed E-state index contributed by atoms with van der Waals surface area (Å²) in [6.45, 7) is 9.55. The molecule has 0 spiro atoms. The Morgan fingerprint density at radius 2 is 1.34 bits per heavy atom. The lowest BCUT2D eigenvalue weighted by Crippen LogP contribution is -2.60. The smallest absolute Gasteiger partial charge is 0.319 e. The van der Waals surface area contributed by atoms with E-state index in [0.717, 1.165) is 67.0 Å². The summed E-state index contributed by atoms with van der Waals surface area (Å²) >= 11 is 0. The molecule has 1 aliphatic heterocycles. The Morgan fingerprint density at radius 1 is 0.789 bits per heavy atom. The number of nitrogens with zero attached hydrogens (tertiary/aromatic N) is 2. The van der Waals surface area contributed by atoms with Crippen molar-refractivity contribution in [3.05, 3.63) is 59.7 Å². The maximum absolute atomic E-state index is 13.0. The van der Waals surface area contributed by atoms with Crippen LogP contribution in [0.5, 0.6) is 0 Å². The zero-order valence-corrected chi connectivity index (χ0v) is 23.1. The van der Waals surface area contributed by atoms with Crippen molar-refractivity contribution in [3.8, 4) is 0 Å². The lowest BCUT2D eigenvalue weighted by molar-refractivity contribution is -0.0127. The van der Waals surface area contributed by atoms with Gasteiger partial charge in [-0.15, -0.1) is 0 Å². The average Bonchev–Trinajstić information content (AvgIpc) is 2.87. The lowest BCUT2D eigenvalue weighted by Gasteiger charge is -2.56. The molecule has 0 radical (unpaired) electrons. The van der Waals surface area contributed by atoms with Crippen LogP contribution in [0.25, 0.3) is 0 Å². The highest BCUT2D eigenvalue weighted by Gasteiger charge is 2.51. The van der Waals surface area contributed by atoms with Gasteiger partial charge in [-0.25, -0.2) is 4.79 Å². The molecule has 1 saturated heterocycles. The fourth-order valence-electron chi connectivity index (χ4n) is 7.89. The molecule has 0 aromatic heterocycles. The van der Waals surface area contributed by atoms with Crippen LogP contribution >= 0.6 is 0 Å². The van der Waals surface area contributed by atoms with Crippen molar-refractivity contribution in [2.24, 2.45) is 17.8 Å². The molecule has 4 saturated carbocycles. The van der Waals surface area contributed by atoms with Gasteiger partial charge in [0.2, 0.25) is 0 Å². The molecule has 2 aromatic carbocycles. The van der Waals surface area contributed by atoms with Gasteiger partial charge in [0.1, 0.15) is 0 Å². The van der Waals surface area contributed by atoms with E-state index < -0.39 is 0 Å². The standard InChI is InChI=1S/C32H42N4O2/c1-31(2,3)26-6-4-25(5-7-26)29(37)36-14-12-35(13-15-36)28-10-8-27(9-11-28)33-30(38)34-32-19-22-16-23(20-32)18-24(17-22)21-32/h4-11,22-24H,12-21H2,1-3H3,(H2,33,34,38). The number of anilines is 2. The van der Waals surface area contributed by atoms with Crippen LogP contribution in [0.1, 0.15) is 75.2 Å². The summed E-state index contributed by atoms with van der Waals surface area (Å²) in [5.74, 6) is 2.54. The lowest BCUT2D eigenvalue weighted by atomic mass is 9.53. The molecule has 5 aliphatic rings. The molecule has 5 fully saturated rings. The molecule has 6 nitrogen and oxygen atoms in total. The minimum atomic E-state index is -0.0673. The van der Waals surface area contributed by atoms with Crippen LogP contribution < -0.4 is 15.5 Å². The molecule has 6 heteroatoms. The maximum Gasteiger partial charge on any atom is 0.319 e. The van der Waals surface area contributed by atoms with E-state index >= 15 is 0 Å². The molecule has 1 heterocycles. The zero-order valence-electron chi connectivity index (χ0n) is 23.1. The van der Waals surface area contributed by atoms with Crippen LogP contribution in [0.15, 0.2) is 48.5 Å². The number of carbonyl (C=O) groups is 2. The van der Waals surface area contributed by atoms with E-state index in [1.807, 2.05) is 29.2 Å². The van der Waals surface area contributed by atoms with Crippen molar-refractivity contribution in [2.75, 3.05) is 36.4 Å². The summed E-state index contributed by atoms with van der Waals surface area (Å²) in [5, 5.41) is 6.47. The van der Waals surface area contributed by atoms with Gasteiger partial charge >= 0.3 is 6.03 Å². The summed E-state index contributed by atoms with van der Waals surface area (Å²) < 4.78 is 0. The van der Waals surface area contributed by atoms with E-state index in [1.165, 1.54) is 24.8 Å². The van der Waals surface area contributed by atoms with Gasteiger partial charge in [-0.3, -0.25) is 4.79 Å². The van der Waals surface area contributed by atoms with Crippen molar-refractivity contribution in [2.45, 2.75) is 70.3 Å². The number of hydrogen-bond acceptors (Lipinski definition) is 3. The van der Waals surface area contributed by atoms with Gasteiger partial charge in [0.15, 0.2) is 0 Å². The highest BCUT2D eigenvalue weighted by atomic mass is 16.2. The number of piperazine rings is 1. The third kappa shape index (κ3) is 5.14. The predicted molar refractivity (Wildman–Crippen MR) is 153 cm³/mol. The summed E-state index contributed by atoms with van der Waals surface area (Å²) in [6.07, 6.45) is 7.58. The minimum absolute atomic E-state index is 0.0184. The number of benzene rings is 2. The summed E-state index contributed by atoms with van der Waals surface area (Å²) in [5.41, 5.74) is 4.04. The Kier molecular flexibility index (Phi) is 6.40. The highest BCUT2D eigenvalue weighted by molar-refractivity contribution is 5.94. The monoisotopic (exact) mass is 514 g/mol. The fourth-order valence-corrected chi connectivity index (χ4v) is 7.89. The second-order valence-electron chi connectivity index (χ2n) is 13.4. The van der Waals surface area contributed by atoms with Gasteiger partial charge < -0.3 is 20.4 Å². The third-order valence-electron chi connectivity index (χ3n) is 9.47. The summed E-state index contributed by atoms with van der Waals surface area (Å²) in [7, 11) is 0. The predicted octanol–water partition coefficient (Wildman–Crippen LogP) is 6.04. The normalized spacial score (nSPS) is 28.3. The van der Waals surface area contributed by atoms with Gasteiger partial charge in [0, 0.05) is 48.7 Å². The number of nitrogens with one attached hydrogen (secondary N) is 2. The highest BCUT2D eigenvalue weighted by Crippen LogP contribution is 2.55. The van der Waals surface area contributed by atoms with Crippen molar-refractivity contribution in [3.63, 3.8) is 0 Å². The quantitative estimate of drug-likeness (QED) is 0.523. The van der Waals surface area contributed by atoms with Gasteiger partial charge in [0.25, 0.3) is 5.91 Å². The van der Waals surface area contributed by atoms with Gasteiger partial charge in [-0.2, -0.15) is 0 Å². The molecular formula is C32H42N4O2. The second-order valence-corrected chi connectivity index (χ2v) is 13.4. The first-order chi connectivity index (χ1) is 18.2. The van der Waals surface area contributed by atoms with Crippen LogP contribution in [0.4, 0.5) is 16.2 Å². The Bertz CT molecular complexity index is 1140. The molecular weight excluding hydrogens is 472 g/mol. The third-order valence-corrected chi connectivity index (χ3v) is 9.47. The number of amides is 3. The number of carbonyl (C=O) groups excluding carboxylic acids is 2. The van der Waals surface area contributed by atoms with Gasteiger partial charge in [-0.1, -0.05) is 32.9 Å². The maximum atomic E-state index is 13.0. The molecule has 202 valence electrons. The van der Waals surface area contributed by atoms with Crippen LogP contribution in [0.2, 0.25) is 0 Å². The van der Waals surface area contributed by atoms with E-state index in [2.05, 4.69) is 60.6 Å². The molecule has 38 heavy (non-hydrogen) atoms. The molecule has 0 atom stereocenters. The minimum Gasteiger partial charge on any atom is -0.368 e. The van der Waals surface area contributed by atoms with Crippen molar-refractivity contribution < 1.29 is 9.59 Å². The van der Waals surface area contributed by atoms with E-state index in [9.17, 15) is 9.59 Å². The first-order valence-corrected chi connectivity index (χ1v) is 14.5. The SMILES string of the molecule is CC(C)(C)c1ccc(C(=O)N2CCN(c3ccc(NC(=O)NC45CC6CC(CC(C6)C4)C5)cc3)CC2)cc1. The Morgan fingerprint density at radius 3 is 1.87 bits per heavy atom. The molecule has 0 unspecified atom stereocenters. The van der Waals surface area contributed by atoms with Crippen LogP contribution in [-0.2, 0) is 5.41 Å². The van der Waals surface area contributed by atoms with Gasteiger partial charge in [-0.05, 0) is 104 Å². The van der Waals surface area contributed by atoms with Crippen molar-refractivity contribution in [1.29, 1.82) is 0 Å². The average molecular weight is 515 g/mol. The van der Waals surface area contributed by atoms with Crippen molar-refractivity contribution >= 4 is 23.3 Å². The zero-order chi connectivity index (χ0) is 26.5. The first-order valence-electron chi connectivity index (χ1n) is 14.5. The number of hydrogen-bond donors (Lipinski definition) is 2. The molecule has 4 bridgehead atoms. The molecule has 2 N–H and O–H groups in total. The van der Waals surface area contributed by atoms with Crippen LogP contribution in [0.3, 0.4) is 0 Å². The summed E-state index contributed by atoms with van der Waals surface area (Å²) in [4.78, 5) is 30.2. The van der Waals surface area contributed by atoms with E-state index in [0.29, 0.717) is 13.1 Å². The Balaban J connectivity index is 1.00. The largest absolute Gasteiger partial charge is 0.368 e. The van der Waals surface area contributed by atoms with Crippen molar-refractivity contribution in [1.82, 2.24) is 10.2 Å². The second kappa shape index (κ2) is 9.62. The van der Waals surface area contributed by atoms with E-state index in [4.69, 9.17) is 0 Å². The van der Waals surface area contributed by atoms with E-state index in [1.54, 1.807) is 0 Å². The molecule has 4 aliphatic carbocycles. The van der Waals surface area contributed by atoms with Gasteiger partial charge in [0.05, 0.1) is 0 Å². The molecule has 2 aromatic rings. The first kappa shape index (κ1) is 25.3. The topological polar surface area (TPSA) is 64.7 Å². The summed E-state index contributed by atoms with van der Waals surface area (Å²) in [6, 6.07) is 16.1.